The fourth-order valence-corrected chi connectivity index (χ4v) is 2.61. The summed E-state index contributed by atoms with van der Waals surface area (Å²) in [6.45, 7) is 7.67. The fraction of sp³-hybridized carbons (Fsp3) is 0.571. The van der Waals surface area contributed by atoms with E-state index in [0.29, 0.717) is 6.04 Å². The minimum atomic E-state index is 0.553. The second-order valence-corrected chi connectivity index (χ2v) is 5.34. The van der Waals surface area contributed by atoms with Crippen molar-refractivity contribution in [1.29, 1.82) is 0 Å². The van der Waals surface area contributed by atoms with Crippen LogP contribution >= 0.6 is 11.6 Å². The van der Waals surface area contributed by atoms with Gasteiger partial charge >= 0.3 is 0 Å². The molecule has 1 N–H and O–H groups in total. The molecule has 1 fully saturated rings. The number of para-hydroxylation sites is 1. The van der Waals surface area contributed by atoms with Crippen LogP contribution in [0.1, 0.15) is 6.92 Å². The van der Waals surface area contributed by atoms with Crippen LogP contribution < -0.4 is 10.2 Å². The number of nitrogens with one attached hydrogen (secondary N) is 1. The van der Waals surface area contributed by atoms with Crippen molar-refractivity contribution in [3.05, 3.63) is 29.3 Å². The maximum atomic E-state index is 6.24. The number of rotatable bonds is 4. The quantitative estimate of drug-likeness (QED) is 0.901. The van der Waals surface area contributed by atoms with Gasteiger partial charge in [0, 0.05) is 38.8 Å². The normalized spacial score (nSPS) is 18.9. The van der Waals surface area contributed by atoms with Gasteiger partial charge in [-0.1, -0.05) is 23.7 Å². The highest BCUT2D eigenvalue weighted by Crippen LogP contribution is 2.25. The first-order valence-electron chi connectivity index (χ1n) is 6.60. The predicted octanol–water partition coefficient (Wildman–Crippen LogP) is 2.07. The van der Waals surface area contributed by atoms with Crippen LogP contribution in [0.2, 0.25) is 5.02 Å². The van der Waals surface area contributed by atoms with Crippen molar-refractivity contribution >= 4 is 17.3 Å². The van der Waals surface area contributed by atoms with E-state index in [9.17, 15) is 0 Å². The SMILES string of the molecule is CNC(C)CN1CCN(c2ccccc2Cl)CC1. The van der Waals surface area contributed by atoms with Gasteiger partial charge in [-0.25, -0.2) is 0 Å². The second-order valence-electron chi connectivity index (χ2n) is 4.93. The van der Waals surface area contributed by atoms with Gasteiger partial charge in [0.1, 0.15) is 0 Å². The molecule has 100 valence electrons. The van der Waals surface area contributed by atoms with Crippen LogP contribution in [0.5, 0.6) is 0 Å². The van der Waals surface area contributed by atoms with E-state index in [1.54, 1.807) is 0 Å². The molecule has 4 heteroatoms. The Hall–Kier alpha value is -0.770. The van der Waals surface area contributed by atoms with Crippen LogP contribution in [0.25, 0.3) is 0 Å². The molecule has 0 aromatic heterocycles. The zero-order valence-corrected chi connectivity index (χ0v) is 12.0. The molecule has 0 amide bonds. The Bertz CT molecular complexity index is 375. The summed E-state index contributed by atoms with van der Waals surface area (Å²) in [6.07, 6.45) is 0. The van der Waals surface area contributed by atoms with Crippen molar-refractivity contribution in [2.24, 2.45) is 0 Å². The van der Waals surface area contributed by atoms with E-state index < -0.39 is 0 Å². The summed E-state index contributed by atoms with van der Waals surface area (Å²) in [4.78, 5) is 4.89. The van der Waals surface area contributed by atoms with Gasteiger partial charge in [-0.2, -0.15) is 0 Å². The molecular weight excluding hydrogens is 246 g/mol. The van der Waals surface area contributed by atoms with Gasteiger partial charge in [-0.15, -0.1) is 0 Å². The number of likely N-dealkylation sites (N-methyl/N-ethyl adjacent to an activating group) is 1. The average Bonchev–Trinajstić information content (AvgIpc) is 2.40. The standard InChI is InChI=1S/C14H22ClN3/c1-12(16-2)11-17-7-9-18(10-8-17)14-6-4-3-5-13(14)15/h3-6,12,16H,7-11H2,1-2H3. The van der Waals surface area contributed by atoms with Crippen molar-refractivity contribution in [3.63, 3.8) is 0 Å². The summed E-state index contributed by atoms with van der Waals surface area (Å²) in [5, 5.41) is 4.14. The Labute approximate surface area is 115 Å². The molecule has 1 atom stereocenters. The maximum Gasteiger partial charge on any atom is 0.0639 e. The van der Waals surface area contributed by atoms with Gasteiger partial charge in [0.2, 0.25) is 0 Å². The Kier molecular flexibility index (Phi) is 4.87. The van der Waals surface area contributed by atoms with E-state index in [0.717, 1.165) is 37.7 Å². The minimum Gasteiger partial charge on any atom is -0.368 e. The highest BCUT2D eigenvalue weighted by Gasteiger charge is 2.19. The molecule has 1 unspecified atom stereocenters. The summed E-state index contributed by atoms with van der Waals surface area (Å²) < 4.78 is 0. The van der Waals surface area contributed by atoms with Crippen LogP contribution in [-0.4, -0.2) is 50.7 Å². The lowest BCUT2D eigenvalue weighted by molar-refractivity contribution is 0.237. The molecule has 0 bridgehead atoms. The summed E-state index contributed by atoms with van der Waals surface area (Å²) >= 11 is 6.24. The van der Waals surface area contributed by atoms with Gasteiger partial charge in [0.15, 0.2) is 0 Å². The van der Waals surface area contributed by atoms with E-state index in [2.05, 4.69) is 34.2 Å². The van der Waals surface area contributed by atoms with E-state index in [1.165, 1.54) is 5.69 Å². The summed E-state index contributed by atoms with van der Waals surface area (Å²) in [5.41, 5.74) is 1.17. The fourth-order valence-electron chi connectivity index (χ4n) is 2.36. The monoisotopic (exact) mass is 267 g/mol. The molecule has 3 nitrogen and oxygen atoms in total. The van der Waals surface area contributed by atoms with Crippen LogP contribution in [0.4, 0.5) is 5.69 Å². The summed E-state index contributed by atoms with van der Waals surface area (Å²) in [7, 11) is 2.02. The number of halogens is 1. The van der Waals surface area contributed by atoms with Crippen molar-refractivity contribution in [3.8, 4) is 0 Å². The van der Waals surface area contributed by atoms with Crippen LogP contribution in [-0.2, 0) is 0 Å². The van der Waals surface area contributed by atoms with E-state index in [4.69, 9.17) is 11.6 Å². The minimum absolute atomic E-state index is 0.553. The third kappa shape index (κ3) is 3.37. The lowest BCUT2D eigenvalue weighted by atomic mass is 10.2. The third-order valence-corrected chi connectivity index (χ3v) is 3.91. The molecule has 18 heavy (non-hydrogen) atoms. The molecule has 1 heterocycles. The molecule has 1 aromatic carbocycles. The molecule has 1 saturated heterocycles. The van der Waals surface area contributed by atoms with Crippen molar-refractivity contribution in [2.75, 3.05) is 44.7 Å². The van der Waals surface area contributed by atoms with Crippen molar-refractivity contribution in [1.82, 2.24) is 10.2 Å². The van der Waals surface area contributed by atoms with Crippen molar-refractivity contribution < 1.29 is 0 Å². The van der Waals surface area contributed by atoms with Crippen molar-refractivity contribution in [2.45, 2.75) is 13.0 Å². The Morgan fingerprint density at radius 2 is 1.89 bits per heavy atom. The predicted molar refractivity (Wildman–Crippen MR) is 78.6 cm³/mol. The smallest absolute Gasteiger partial charge is 0.0639 e. The summed E-state index contributed by atoms with van der Waals surface area (Å²) in [5.74, 6) is 0. The number of hydrogen-bond donors (Lipinski definition) is 1. The topological polar surface area (TPSA) is 18.5 Å². The lowest BCUT2D eigenvalue weighted by Crippen LogP contribution is -2.49. The number of benzene rings is 1. The first kappa shape index (κ1) is 13.7. The third-order valence-electron chi connectivity index (χ3n) is 3.59. The van der Waals surface area contributed by atoms with Gasteiger partial charge in [0.05, 0.1) is 10.7 Å². The Morgan fingerprint density at radius 3 is 2.50 bits per heavy atom. The van der Waals surface area contributed by atoms with Crippen LogP contribution in [0, 0.1) is 0 Å². The number of anilines is 1. The molecule has 1 aliphatic heterocycles. The molecule has 1 aromatic rings. The molecule has 0 aliphatic carbocycles. The zero-order valence-electron chi connectivity index (χ0n) is 11.2. The zero-order chi connectivity index (χ0) is 13.0. The van der Waals surface area contributed by atoms with Gasteiger partial charge in [-0.05, 0) is 26.1 Å². The summed E-state index contributed by atoms with van der Waals surface area (Å²) in [6, 6.07) is 8.66. The van der Waals surface area contributed by atoms with Gasteiger partial charge in [0.25, 0.3) is 0 Å². The molecule has 0 radical (unpaired) electrons. The highest BCUT2D eigenvalue weighted by atomic mass is 35.5. The molecule has 2 rings (SSSR count). The Morgan fingerprint density at radius 1 is 1.22 bits per heavy atom. The van der Waals surface area contributed by atoms with E-state index in [1.807, 2.05) is 19.2 Å². The Balaban J connectivity index is 1.89. The first-order chi connectivity index (χ1) is 8.70. The first-order valence-corrected chi connectivity index (χ1v) is 6.97. The highest BCUT2D eigenvalue weighted by molar-refractivity contribution is 6.33. The number of hydrogen-bond acceptors (Lipinski definition) is 3. The van der Waals surface area contributed by atoms with Gasteiger partial charge in [-0.3, -0.25) is 4.90 Å². The molecule has 0 saturated carbocycles. The maximum absolute atomic E-state index is 6.24. The number of piperazine rings is 1. The van der Waals surface area contributed by atoms with Gasteiger partial charge < -0.3 is 10.2 Å². The molecule has 0 spiro atoms. The molecule has 1 aliphatic rings. The second kappa shape index (κ2) is 6.41. The van der Waals surface area contributed by atoms with Crippen LogP contribution in [0.3, 0.4) is 0 Å². The van der Waals surface area contributed by atoms with E-state index >= 15 is 0 Å². The lowest BCUT2D eigenvalue weighted by Gasteiger charge is -2.37. The largest absolute Gasteiger partial charge is 0.368 e. The molecular formula is C14H22ClN3. The number of nitrogens with zero attached hydrogens (tertiary/aromatic N) is 2. The van der Waals surface area contributed by atoms with E-state index in [-0.39, 0.29) is 0 Å². The average molecular weight is 268 g/mol. The van der Waals surface area contributed by atoms with Crippen LogP contribution in [0.15, 0.2) is 24.3 Å².